The number of aliphatic carboxylic acids is 1. The number of carbonyl (C=O) groups is 1. The van der Waals surface area contributed by atoms with E-state index in [1.165, 1.54) is 12.2 Å². The highest BCUT2D eigenvalue weighted by Crippen LogP contribution is 2.21. The summed E-state index contributed by atoms with van der Waals surface area (Å²) in [5, 5.41) is 17.5. The van der Waals surface area contributed by atoms with Crippen LogP contribution in [0.25, 0.3) is 0 Å². The Labute approximate surface area is 64.0 Å². The van der Waals surface area contributed by atoms with Crippen molar-refractivity contribution in [2.45, 2.75) is 6.42 Å². The number of aliphatic hydroxyl groups excluding tert-OH is 1. The molecule has 0 spiro atoms. The van der Waals surface area contributed by atoms with Crippen molar-refractivity contribution in [1.82, 2.24) is 0 Å². The van der Waals surface area contributed by atoms with Crippen molar-refractivity contribution in [2.24, 2.45) is 0 Å². The molecule has 0 aromatic rings. The van der Waals surface area contributed by atoms with Crippen molar-refractivity contribution in [1.29, 1.82) is 0 Å². The molecule has 0 amide bonds. The van der Waals surface area contributed by atoms with Gasteiger partial charge in [0.2, 0.25) is 0 Å². The van der Waals surface area contributed by atoms with Crippen LogP contribution in [0.2, 0.25) is 0 Å². The largest absolute Gasteiger partial charge is 0.512 e. The van der Waals surface area contributed by atoms with Gasteiger partial charge in [-0.2, -0.15) is 0 Å². The lowest BCUT2D eigenvalue weighted by Gasteiger charge is -2.09. The summed E-state index contributed by atoms with van der Waals surface area (Å²) < 4.78 is 0. The molecule has 1 aliphatic carbocycles. The summed E-state index contributed by atoms with van der Waals surface area (Å²) in [6.07, 6.45) is 2.96. The van der Waals surface area contributed by atoms with Crippen LogP contribution in [-0.4, -0.2) is 16.2 Å². The Bertz CT molecular complexity index is 271. The van der Waals surface area contributed by atoms with E-state index in [1.807, 2.05) is 0 Å². The van der Waals surface area contributed by atoms with Crippen LogP contribution in [0.15, 0.2) is 35.6 Å². The number of rotatable bonds is 1. The van der Waals surface area contributed by atoms with Crippen molar-refractivity contribution in [2.75, 3.05) is 0 Å². The van der Waals surface area contributed by atoms with Crippen LogP contribution < -0.4 is 0 Å². The quantitative estimate of drug-likeness (QED) is 0.597. The molecule has 0 bridgehead atoms. The van der Waals surface area contributed by atoms with E-state index in [0.717, 1.165) is 0 Å². The van der Waals surface area contributed by atoms with E-state index in [0.29, 0.717) is 5.57 Å². The van der Waals surface area contributed by atoms with E-state index >= 15 is 0 Å². The average Bonchev–Trinajstić information content (AvgIpc) is 1.85. The Kier molecular flexibility index (Phi) is 1.81. The molecule has 58 valence electrons. The third-order valence-corrected chi connectivity index (χ3v) is 1.45. The standard InChI is InChI=1S/C8H8O3/c1-5-4-6(9)2-3-7(5)8(10)11/h2-3,9H,1,4H2,(H,10,11). The molecule has 0 saturated carbocycles. The first-order chi connectivity index (χ1) is 5.11. The Balaban J connectivity index is 2.96. The zero-order valence-electron chi connectivity index (χ0n) is 5.87. The molecular formula is C8H8O3. The van der Waals surface area contributed by atoms with Crippen LogP contribution in [0, 0.1) is 0 Å². The van der Waals surface area contributed by atoms with Crippen molar-refractivity contribution in [3.63, 3.8) is 0 Å². The number of allylic oxidation sites excluding steroid dienone is 3. The SMILES string of the molecule is C=C1CC(O)=CC=C1C(=O)O. The van der Waals surface area contributed by atoms with Gasteiger partial charge in [-0.15, -0.1) is 0 Å². The maximum Gasteiger partial charge on any atom is 0.335 e. The molecule has 0 saturated heterocycles. The van der Waals surface area contributed by atoms with Crippen molar-refractivity contribution < 1.29 is 15.0 Å². The lowest BCUT2D eigenvalue weighted by atomic mass is 9.99. The number of hydrogen-bond donors (Lipinski definition) is 2. The second-order valence-electron chi connectivity index (χ2n) is 2.32. The normalized spacial score (nSPS) is 17.3. The number of carboxylic acids is 1. The smallest absolute Gasteiger partial charge is 0.335 e. The second-order valence-corrected chi connectivity index (χ2v) is 2.32. The summed E-state index contributed by atoms with van der Waals surface area (Å²) in [7, 11) is 0. The molecule has 0 aromatic heterocycles. The topological polar surface area (TPSA) is 57.5 Å². The van der Waals surface area contributed by atoms with Crippen LogP contribution in [0.1, 0.15) is 6.42 Å². The monoisotopic (exact) mass is 152 g/mol. The molecule has 1 rings (SSSR count). The summed E-state index contributed by atoms with van der Waals surface area (Å²) in [6, 6.07) is 0. The van der Waals surface area contributed by atoms with Gasteiger partial charge in [-0.05, 0) is 17.7 Å². The summed E-state index contributed by atoms with van der Waals surface area (Å²) in [5.41, 5.74) is 0.611. The van der Waals surface area contributed by atoms with E-state index in [9.17, 15) is 4.79 Å². The second kappa shape index (κ2) is 2.62. The first-order valence-corrected chi connectivity index (χ1v) is 3.12. The molecule has 0 aromatic carbocycles. The fourth-order valence-corrected chi connectivity index (χ4v) is 0.893. The van der Waals surface area contributed by atoms with Crippen LogP contribution in [0.3, 0.4) is 0 Å². The molecule has 3 heteroatoms. The zero-order valence-corrected chi connectivity index (χ0v) is 5.87. The van der Waals surface area contributed by atoms with Crippen molar-refractivity contribution in [3.8, 4) is 0 Å². The Morgan fingerprint density at radius 1 is 1.55 bits per heavy atom. The van der Waals surface area contributed by atoms with Gasteiger partial charge in [0.15, 0.2) is 0 Å². The molecule has 0 unspecified atom stereocenters. The Hall–Kier alpha value is -1.51. The van der Waals surface area contributed by atoms with Gasteiger partial charge in [0.1, 0.15) is 0 Å². The van der Waals surface area contributed by atoms with Crippen LogP contribution >= 0.6 is 0 Å². The minimum absolute atomic E-state index is 0.153. The molecular weight excluding hydrogens is 144 g/mol. The van der Waals surface area contributed by atoms with Crippen molar-refractivity contribution in [3.05, 3.63) is 35.6 Å². The van der Waals surface area contributed by atoms with Crippen LogP contribution in [-0.2, 0) is 4.79 Å². The van der Waals surface area contributed by atoms with Gasteiger partial charge < -0.3 is 10.2 Å². The van der Waals surface area contributed by atoms with E-state index in [-0.39, 0.29) is 17.8 Å². The minimum atomic E-state index is -1.00. The molecule has 0 fully saturated rings. The maximum absolute atomic E-state index is 10.4. The minimum Gasteiger partial charge on any atom is -0.512 e. The summed E-state index contributed by atoms with van der Waals surface area (Å²) in [6.45, 7) is 3.52. The molecule has 2 N–H and O–H groups in total. The van der Waals surface area contributed by atoms with Gasteiger partial charge in [0.25, 0.3) is 0 Å². The highest BCUT2D eigenvalue weighted by atomic mass is 16.4. The van der Waals surface area contributed by atoms with Gasteiger partial charge in [0.05, 0.1) is 11.3 Å². The fourth-order valence-electron chi connectivity index (χ4n) is 0.893. The molecule has 11 heavy (non-hydrogen) atoms. The van der Waals surface area contributed by atoms with Gasteiger partial charge in [-0.1, -0.05) is 6.58 Å². The Morgan fingerprint density at radius 3 is 2.64 bits per heavy atom. The number of hydrogen-bond acceptors (Lipinski definition) is 2. The zero-order chi connectivity index (χ0) is 8.43. The number of carboxylic acid groups (broad SMARTS) is 1. The molecule has 0 radical (unpaired) electrons. The molecule has 1 aliphatic rings. The van der Waals surface area contributed by atoms with Gasteiger partial charge in [-0.25, -0.2) is 4.79 Å². The number of aliphatic hydroxyl groups is 1. The lowest BCUT2D eigenvalue weighted by Crippen LogP contribution is -2.06. The summed E-state index contributed by atoms with van der Waals surface area (Å²) in [4.78, 5) is 10.4. The molecule has 0 heterocycles. The molecule has 0 aliphatic heterocycles. The summed E-state index contributed by atoms with van der Waals surface area (Å²) >= 11 is 0. The maximum atomic E-state index is 10.4. The third-order valence-electron chi connectivity index (χ3n) is 1.45. The highest BCUT2D eigenvalue weighted by molar-refractivity contribution is 5.92. The molecule has 0 atom stereocenters. The van der Waals surface area contributed by atoms with Crippen LogP contribution in [0.5, 0.6) is 0 Å². The Morgan fingerprint density at radius 2 is 2.18 bits per heavy atom. The first kappa shape index (κ1) is 7.60. The molecule has 3 nitrogen and oxygen atoms in total. The van der Waals surface area contributed by atoms with E-state index in [2.05, 4.69) is 6.58 Å². The fraction of sp³-hybridized carbons (Fsp3) is 0.125. The predicted octanol–water partition coefficient (Wildman–Crippen LogP) is 1.40. The van der Waals surface area contributed by atoms with Gasteiger partial charge >= 0.3 is 5.97 Å². The predicted molar refractivity (Wildman–Crippen MR) is 40.2 cm³/mol. The van der Waals surface area contributed by atoms with E-state index in [4.69, 9.17) is 10.2 Å². The highest BCUT2D eigenvalue weighted by Gasteiger charge is 2.14. The van der Waals surface area contributed by atoms with Gasteiger partial charge in [0, 0.05) is 6.42 Å². The summed E-state index contributed by atoms with van der Waals surface area (Å²) in [5.74, 6) is -0.848. The third kappa shape index (κ3) is 1.49. The van der Waals surface area contributed by atoms with Gasteiger partial charge in [-0.3, -0.25) is 0 Å². The van der Waals surface area contributed by atoms with Crippen molar-refractivity contribution >= 4 is 5.97 Å². The van der Waals surface area contributed by atoms with E-state index in [1.54, 1.807) is 0 Å². The van der Waals surface area contributed by atoms with Crippen LogP contribution in [0.4, 0.5) is 0 Å². The lowest BCUT2D eigenvalue weighted by molar-refractivity contribution is -0.132. The first-order valence-electron chi connectivity index (χ1n) is 3.12. The average molecular weight is 152 g/mol. The van der Waals surface area contributed by atoms with E-state index < -0.39 is 5.97 Å².